The lowest BCUT2D eigenvalue weighted by atomic mass is 9.88. The zero-order valence-electron chi connectivity index (χ0n) is 30.8. The number of rotatable bonds is 10. The molecule has 4 rings (SSSR count). The number of amides is 1. The summed E-state index contributed by atoms with van der Waals surface area (Å²) in [6.45, 7) is 15.1. The Morgan fingerprint density at radius 3 is 2.49 bits per heavy atom. The number of hydrogen-bond acceptors (Lipinski definition) is 9. The quantitative estimate of drug-likeness (QED) is 0.117. The maximum absolute atomic E-state index is 13.4. The van der Waals surface area contributed by atoms with Crippen molar-refractivity contribution in [1.29, 1.82) is 0 Å². The first kappa shape index (κ1) is 39.5. The van der Waals surface area contributed by atoms with Crippen LogP contribution in [0.25, 0.3) is 0 Å². The molecule has 3 fully saturated rings. The zero-order valence-corrected chi connectivity index (χ0v) is 30.8. The number of carbonyl (C=O) groups is 2. The van der Waals surface area contributed by atoms with Gasteiger partial charge in [-0.2, -0.15) is 0 Å². The molecule has 10 nitrogen and oxygen atoms in total. The molecular weight excluding hydrogens is 624 g/mol. The predicted octanol–water partition coefficient (Wildman–Crippen LogP) is 5.54. The molecule has 3 saturated heterocycles. The fraction of sp³-hybridized carbons (Fsp3) is 0.795. The van der Waals surface area contributed by atoms with Crippen molar-refractivity contribution in [2.45, 2.75) is 154 Å². The number of nitrogens with zero attached hydrogens (tertiary/aromatic N) is 2. The van der Waals surface area contributed by atoms with Crippen LogP contribution < -0.4 is 0 Å². The number of ether oxygens (including phenoxy) is 3. The highest BCUT2D eigenvalue weighted by atomic mass is 16.6. The van der Waals surface area contributed by atoms with Gasteiger partial charge in [-0.25, -0.2) is 4.79 Å². The van der Waals surface area contributed by atoms with E-state index in [0.29, 0.717) is 25.6 Å². The molecule has 4 aliphatic rings. The van der Waals surface area contributed by atoms with Crippen LogP contribution in [0.1, 0.15) is 106 Å². The molecule has 0 saturated carbocycles. The first-order chi connectivity index (χ1) is 23.3. The first-order valence-electron chi connectivity index (χ1n) is 18.9. The van der Waals surface area contributed by atoms with Crippen molar-refractivity contribution in [2.75, 3.05) is 26.2 Å². The minimum Gasteiger partial charge on any atom is -0.457 e. The van der Waals surface area contributed by atoms with Crippen LogP contribution in [0.15, 0.2) is 36.0 Å². The standard InChI is InChI=1S/C39H64N2O8/c1-7-32(43)29(5)37-33(47-37)24-26(2)12-11-13-27(3)36-28(4)14-15-34(39(6,46)19-16-31(42)25-35(44)49-36)48-38(45)41-22-17-30(18-23-41)40-20-9-8-10-21-40/h11-15,26,28-34,36-37,42-43,46H,7-10,16-25H2,1-6H3. The van der Waals surface area contributed by atoms with E-state index in [1.165, 1.54) is 19.3 Å². The lowest BCUT2D eigenvalue weighted by Crippen LogP contribution is -2.50. The molecule has 0 spiro atoms. The van der Waals surface area contributed by atoms with E-state index in [1.54, 1.807) is 17.9 Å². The average Bonchev–Trinajstić information content (AvgIpc) is 3.85. The van der Waals surface area contributed by atoms with Crippen LogP contribution in [0.3, 0.4) is 0 Å². The molecule has 1 amide bonds. The van der Waals surface area contributed by atoms with Gasteiger partial charge in [-0.1, -0.05) is 58.4 Å². The average molecular weight is 689 g/mol. The van der Waals surface area contributed by atoms with Crippen LogP contribution >= 0.6 is 0 Å². The van der Waals surface area contributed by atoms with Gasteiger partial charge < -0.3 is 39.3 Å². The zero-order chi connectivity index (χ0) is 35.7. The molecule has 4 heterocycles. The van der Waals surface area contributed by atoms with Crippen LogP contribution in [-0.2, 0) is 19.0 Å². The Kier molecular flexibility index (Phi) is 14.8. The molecule has 3 N–H and O–H groups in total. The normalized spacial score (nSPS) is 34.8. The summed E-state index contributed by atoms with van der Waals surface area (Å²) in [5.41, 5.74) is -0.615. The third-order valence-electron chi connectivity index (χ3n) is 11.2. The molecule has 0 radical (unpaired) electrons. The van der Waals surface area contributed by atoms with Gasteiger partial charge in [-0.3, -0.25) is 4.79 Å². The van der Waals surface area contributed by atoms with Gasteiger partial charge in [-0.05, 0) is 95.9 Å². The Morgan fingerprint density at radius 2 is 1.82 bits per heavy atom. The van der Waals surface area contributed by atoms with Crippen molar-refractivity contribution in [3.8, 4) is 0 Å². The van der Waals surface area contributed by atoms with Crippen molar-refractivity contribution in [3.05, 3.63) is 36.0 Å². The van der Waals surface area contributed by atoms with Crippen molar-refractivity contribution in [3.63, 3.8) is 0 Å². The van der Waals surface area contributed by atoms with Crippen molar-refractivity contribution in [2.24, 2.45) is 17.8 Å². The van der Waals surface area contributed by atoms with Gasteiger partial charge in [0.15, 0.2) is 6.10 Å². The first-order valence-corrected chi connectivity index (χ1v) is 18.9. The molecule has 10 unspecified atom stereocenters. The summed E-state index contributed by atoms with van der Waals surface area (Å²) in [5.74, 6) is -0.429. The highest BCUT2D eigenvalue weighted by Gasteiger charge is 2.45. The third kappa shape index (κ3) is 11.6. The lowest BCUT2D eigenvalue weighted by molar-refractivity contribution is -0.151. The topological polar surface area (TPSA) is 132 Å². The minimum absolute atomic E-state index is 0.0993. The number of aliphatic hydroxyl groups excluding tert-OH is 2. The van der Waals surface area contributed by atoms with Gasteiger partial charge in [0, 0.05) is 31.0 Å². The predicted molar refractivity (Wildman–Crippen MR) is 190 cm³/mol. The molecule has 0 aliphatic carbocycles. The summed E-state index contributed by atoms with van der Waals surface area (Å²) in [6.07, 6.45) is 13.8. The van der Waals surface area contributed by atoms with Crippen LogP contribution in [0.2, 0.25) is 0 Å². The number of likely N-dealkylation sites (tertiary alicyclic amines) is 2. The Morgan fingerprint density at radius 1 is 1.12 bits per heavy atom. The Hall–Kier alpha value is -2.24. The molecule has 10 heteroatoms. The van der Waals surface area contributed by atoms with E-state index in [0.717, 1.165) is 37.9 Å². The monoisotopic (exact) mass is 688 g/mol. The minimum atomic E-state index is -1.45. The number of epoxide rings is 1. The molecule has 0 aromatic rings. The summed E-state index contributed by atoms with van der Waals surface area (Å²) in [6, 6.07) is 0.499. The second-order valence-corrected chi connectivity index (χ2v) is 15.5. The second-order valence-electron chi connectivity index (χ2n) is 15.5. The van der Waals surface area contributed by atoms with Gasteiger partial charge in [0.05, 0.1) is 30.8 Å². The molecule has 0 aromatic heterocycles. The third-order valence-corrected chi connectivity index (χ3v) is 11.2. The maximum Gasteiger partial charge on any atom is 0.410 e. The summed E-state index contributed by atoms with van der Waals surface area (Å²) in [5, 5.41) is 32.3. The molecule has 10 atom stereocenters. The molecular formula is C39H64N2O8. The number of carbonyl (C=O) groups excluding carboxylic acids is 2. The summed E-state index contributed by atoms with van der Waals surface area (Å²) >= 11 is 0. The van der Waals surface area contributed by atoms with Gasteiger partial charge in [-0.15, -0.1) is 0 Å². The van der Waals surface area contributed by atoms with Crippen LogP contribution in [0.5, 0.6) is 0 Å². The summed E-state index contributed by atoms with van der Waals surface area (Å²) in [7, 11) is 0. The van der Waals surface area contributed by atoms with Gasteiger partial charge in [0.2, 0.25) is 0 Å². The summed E-state index contributed by atoms with van der Waals surface area (Å²) in [4.78, 5) is 30.6. The van der Waals surface area contributed by atoms with Gasteiger partial charge in [0.1, 0.15) is 11.7 Å². The number of piperidine rings is 2. The second kappa shape index (κ2) is 18.3. The van der Waals surface area contributed by atoms with Gasteiger partial charge >= 0.3 is 12.1 Å². The number of esters is 1. The summed E-state index contributed by atoms with van der Waals surface area (Å²) < 4.78 is 17.8. The van der Waals surface area contributed by atoms with E-state index in [9.17, 15) is 24.9 Å². The van der Waals surface area contributed by atoms with Crippen molar-refractivity contribution >= 4 is 12.1 Å². The van der Waals surface area contributed by atoms with Gasteiger partial charge in [0.25, 0.3) is 0 Å². The van der Waals surface area contributed by atoms with E-state index in [4.69, 9.17) is 14.2 Å². The number of cyclic esters (lactones) is 1. The van der Waals surface area contributed by atoms with Crippen molar-refractivity contribution < 1.29 is 39.1 Å². The van der Waals surface area contributed by atoms with E-state index in [1.807, 2.05) is 45.9 Å². The highest BCUT2D eigenvalue weighted by molar-refractivity contribution is 5.70. The van der Waals surface area contributed by atoms with Crippen LogP contribution in [-0.4, -0.2) is 112 Å². The van der Waals surface area contributed by atoms with E-state index in [2.05, 4.69) is 17.9 Å². The van der Waals surface area contributed by atoms with Crippen LogP contribution in [0, 0.1) is 17.8 Å². The lowest BCUT2D eigenvalue weighted by Gasteiger charge is -2.40. The highest BCUT2D eigenvalue weighted by Crippen LogP contribution is 2.36. The van der Waals surface area contributed by atoms with E-state index < -0.39 is 36.0 Å². The van der Waals surface area contributed by atoms with E-state index >= 15 is 0 Å². The fourth-order valence-corrected chi connectivity index (χ4v) is 7.67. The fourth-order valence-electron chi connectivity index (χ4n) is 7.67. The smallest absolute Gasteiger partial charge is 0.410 e. The maximum atomic E-state index is 13.4. The Bertz CT molecular complexity index is 1160. The molecule has 0 aromatic carbocycles. The largest absolute Gasteiger partial charge is 0.457 e. The molecule has 0 bridgehead atoms. The van der Waals surface area contributed by atoms with Crippen LogP contribution in [0.4, 0.5) is 4.79 Å². The Balaban J connectivity index is 1.40. The number of aliphatic hydroxyl groups is 3. The number of allylic oxidation sites excluding steroid dienone is 3. The van der Waals surface area contributed by atoms with E-state index in [-0.39, 0.29) is 55.3 Å². The van der Waals surface area contributed by atoms with Crippen molar-refractivity contribution in [1.82, 2.24) is 9.80 Å². The molecule has 4 aliphatic heterocycles. The SMILES string of the molecule is CCC(O)C(C)C1OC1CC(C)C=CC=C(C)C1OC(=O)CC(O)CCC(C)(O)C(OC(=O)N2CCC(N3CCCCC3)CC2)C=CC1C. The Labute approximate surface area is 294 Å². The molecule has 49 heavy (non-hydrogen) atoms. The molecule has 278 valence electrons. The number of hydrogen-bond donors (Lipinski definition) is 3.